The van der Waals surface area contributed by atoms with Gasteiger partial charge in [0.15, 0.2) is 0 Å². The number of aliphatic hydroxyl groups is 1. The predicted molar refractivity (Wildman–Crippen MR) is 48.8 cm³/mol. The van der Waals surface area contributed by atoms with Crippen LogP contribution < -0.4 is 0 Å². The Labute approximate surface area is 85.6 Å². The molecule has 7 nitrogen and oxygen atoms in total. The van der Waals surface area contributed by atoms with Crippen LogP contribution in [0.4, 0.5) is 0 Å². The summed E-state index contributed by atoms with van der Waals surface area (Å²) in [6, 6.07) is -0.986. The van der Waals surface area contributed by atoms with Crippen LogP contribution in [0.25, 0.3) is 0 Å². The van der Waals surface area contributed by atoms with Crippen LogP contribution in [-0.2, 0) is 19.1 Å². The molecular formula is C8H11NO6. The molecule has 1 unspecified atom stereocenters. The van der Waals surface area contributed by atoms with Crippen LogP contribution >= 0.6 is 0 Å². The highest BCUT2D eigenvalue weighted by molar-refractivity contribution is 5.91. The van der Waals surface area contributed by atoms with Crippen molar-refractivity contribution in [2.24, 2.45) is 5.18 Å². The number of nitrogens with zero attached hydrogens (tertiary/aromatic N) is 1. The highest BCUT2D eigenvalue weighted by Gasteiger charge is 2.09. The number of aliphatic hydroxyl groups excluding tert-OH is 1. The summed E-state index contributed by atoms with van der Waals surface area (Å²) in [6.45, 7) is -0.832. The Hall–Kier alpha value is -1.76. The summed E-state index contributed by atoms with van der Waals surface area (Å²) in [7, 11) is 1.16. The van der Waals surface area contributed by atoms with Crippen molar-refractivity contribution in [1.29, 1.82) is 0 Å². The van der Waals surface area contributed by atoms with Crippen molar-refractivity contribution in [3.63, 3.8) is 0 Å². The van der Waals surface area contributed by atoms with Gasteiger partial charge in [-0.1, -0.05) is 5.18 Å². The van der Waals surface area contributed by atoms with Gasteiger partial charge in [-0.2, -0.15) is 4.91 Å². The molecule has 0 radical (unpaired) electrons. The molecule has 0 aromatic rings. The van der Waals surface area contributed by atoms with Gasteiger partial charge in [0.2, 0.25) is 0 Å². The van der Waals surface area contributed by atoms with E-state index >= 15 is 0 Å². The first-order valence-corrected chi connectivity index (χ1v) is 4.00. The van der Waals surface area contributed by atoms with Crippen molar-refractivity contribution < 1.29 is 24.2 Å². The molecule has 84 valence electrons. The molecule has 7 heteroatoms. The SMILES string of the molecule is COC(=O)/C=C/C(=O)OCC(CO)N=O. The second kappa shape index (κ2) is 7.63. The molecule has 0 fully saturated rings. The summed E-state index contributed by atoms with van der Waals surface area (Å²) >= 11 is 0. The summed E-state index contributed by atoms with van der Waals surface area (Å²) in [5.41, 5.74) is 0. The molecule has 0 aliphatic rings. The fourth-order valence-corrected chi connectivity index (χ4v) is 0.547. The van der Waals surface area contributed by atoms with Gasteiger partial charge in [0.1, 0.15) is 12.6 Å². The van der Waals surface area contributed by atoms with E-state index < -0.39 is 24.6 Å². The molecule has 15 heavy (non-hydrogen) atoms. The van der Waals surface area contributed by atoms with Gasteiger partial charge in [0, 0.05) is 12.2 Å². The summed E-state index contributed by atoms with van der Waals surface area (Å²) in [4.78, 5) is 31.4. The van der Waals surface area contributed by atoms with Gasteiger partial charge < -0.3 is 14.6 Å². The maximum Gasteiger partial charge on any atom is 0.331 e. The lowest BCUT2D eigenvalue weighted by Gasteiger charge is -2.04. The zero-order valence-corrected chi connectivity index (χ0v) is 8.08. The quantitative estimate of drug-likeness (QED) is 0.361. The standard InChI is InChI=1S/C8H11NO6/c1-14-7(11)2-3-8(12)15-5-6(4-10)9-13/h2-3,6,10H,4-5H2,1H3/b3-2+. The van der Waals surface area contributed by atoms with E-state index in [0.717, 1.165) is 19.3 Å². The smallest absolute Gasteiger partial charge is 0.331 e. The number of rotatable bonds is 6. The van der Waals surface area contributed by atoms with E-state index in [1.54, 1.807) is 0 Å². The number of carbonyl (C=O) groups is 2. The average molecular weight is 217 g/mol. The van der Waals surface area contributed by atoms with Crippen LogP contribution in [-0.4, -0.2) is 43.4 Å². The Morgan fingerprint density at radius 2 is 2.00 bits per heavy atom. The third kappa shape index (κ3) is 6.33. The predicted octanol–water partition coefficient (Wildman–Crippen LogP) is -0.614. The van der Waals surface area contributed by atoms with Crippen molar-refractivity contribution in [3.05, 3.63) is 17.1 Å². The molecule has 0 rings (SSSR count). The second-order valence-corrected chi connectivity index (χ2v) is 2.43. The van der Waals surface area contributed by atoms with Gasteiger partial charge in [-0.25, -0.2) is 9.59 Å². The Bertz CT molecular complexity index is 262. The highest BCUT2D eigenvalue weighted by Crippen LogP contribution is 1.92. The Morgan fingerprint density at radius 3 is 2.47 bits per heavy atom. The molecule has 0 saturated heterocycles. The van der Waals surface area contributed by atoms with E-state index in [1.807, 2.05) is 0 Å². The van der Waals surface area contributed by atoms with Gasteiger partial charge >= 0.3 is 11.9 Å². The molecule has 0 aromatic heterocycles. The fourth-order valence-electron chi connectivity index (χ4n) is 0.547. The number of carbonyl (C=O) groups excluding carboxylic acids is 2. The first kappa shape index (κ1) is 13.2. The molecule has 0 bridgehead atoms. The molecule has 0 aliphatic carbocycles. The number of ether oxygens (including phenoxy) is 2. The van der Waals surface area contributed by atoms with Crippen molar-refractivity contribution in [3.8, 4) is 0 Å². The van der Waals surface area contributed by atoms with Gasteiger partial charge in [0.05, 0.1) is 13.7 Å². The molecule has 0 saturated carbocycles. The number of hydrogen-bond acceptors (Lipinski definition) is 7. The van der Waals surface area contributed by atoms with E-state index in [9.17, 15) is 14.5 Å². The minimum absolute atomic E-state index is 0.329. The molecule has 0 spiro atoms. The van der Waals surface area contributed by atoms with Crippen LogP contribution in [0.5, 0.6) is 0 Å². The first-order chi connectivity index (χ1) is 7.13. The summed E-state index contributed by atoms with van der Waals surface area (Å²) in [5, 5.41) is 11.0. The second-order valence-electron chi connectivity index (χ2n) is 2.43. The normalized spacial score (nSPS) is 12.1. The fraction of sp³-hybridized carbons (Fsp3) is 0.500. The summed E-state index contributed by atoms with van der Waals surface area (Å²) in [5.74, 6) is -1.51. The van der Waals surface area contributed by atoms with Crippen molar-refractivity contribution in [2.45, 2.75) is 6.04 Å². The molecule has 0 heterocycles. The van der Waals surface area contributed by atoms with Gasteiger partial charge in [0.25, 0.3) is 0 Å². The number of methoxy groups -OCH3 is 1. The molecule has 0 amide bonds. The van der Waals surface area contributed by atoms with E-state index in [4.69, 9.17) is 5.11 Å². The van der Waals surface area contributed by atoms with Crippen molar-refractivity contribution >= 4 is 11.9 Å². The van der Waals surface area contributed by atoms with E-state index in [-0.39, 0.29) is 6.61 Å². The minimum atomic E-state index is -0.986. The zero-order valence-electron chi connectivity index (χ0n) is 8.08. The lowest BCUT2D eigenvalue weighted by molar-refractivity contribution is -0.139. The van der Waals surface area contributed by atoms with Gasteiger partial charge in [-0.15, -0.1) is 0 Å². The number of hydrogen-bond donors (Lipinski definition) is 1. The largest absolute Gasteiger partial charge is 0.466 e. The maximum absolute atomic E-state index is 10.9. The lowest BCUT2D eigenvalue weighted by atomic mass is 10.4. The minimum Gasteiger partial charge on any atom is -0.466 e. The topological polar surface area (TPSA) is 102 Å². The molecule has 0 aliphatic heterocycles. The third-order valence-corrected chi connectivity index (χ3v) is 1.33. The first-order valence-electron chi connectivity index (χ1n) is 4.00. The van der Waals surface area contributed by atoms with Crippen LogP contribution in [0.3, 0.4) is 0 Å². The van der Waals surface area contributed by atoms with Crippen LogP contribution in [0.2, 0.25) is 0 Å². The Morgan fingerprint density at radius 1 is 1.40 bits per heavy atom. The maximum atomic E-state index is 10.9. The van der Waals surface area contributed by atoms with Gasteiger partial charge in [-0.05, 0) is 0 Å². The van der Waals surface area contributed by atoms with Crippen LogP contribution in [0.15, 0.2) is 17.3 Å². The average Bonchev–Trinajstić information content (AvgIpc) is 2.27. The number of nitroso groups, excluding NO2 is 1. The third-order valence-electron chi connectivity index (χ3n) is 1.33. The van der Waals surface area contributed by atoms with Gasteiger partial charge in [-0.3, -0.25) is 0 Å². The van der Waals surface area contributed by atoms with Crippen molar-refractivity contribution in [1.82, 2.24) is 0 Å². The zero-order chi connectivity index (χ0) is 11.7. The van der Waals surface area contributed by atoms with E-state index in [1.165, 1.54) is 0 Å². The lowest BCUT2D eigenvalue weighted by Crippen LogP contribution is -2.19. The van der Waals surface area contributed by atoms with E-state index in [0.29, 0.717) is 0 Å². The van der Waals surface area contributed by atoms with Crippen LogP contribution in [0.1, 0.15) is 0 Å². The molecule has 1 N–H and O–H groups in total. The highest BCUT2D eigenvalue weighted by atomic mass is 16.5. The molecular weight excluding hydrogens is 206 g/mol. The Balaban J connectivity index is 3.89. The Kier molecular flexibility index (Phi) is 6.73. The molecule has 0 aromatic carbocycles. The van der Waals surface area contributed by atoms with Crippen molar-refractivity contribution in [2.75, 3.05) is 20.3 Å². The summed E-state index contributed by atoms with van der Waals surface area (Å²) < 4.78 is 8.72. The molecule has 1 atom stereocenters. The number of esters is 2. The monoisotopic (exact) mass is 217 g/mol. The summed E-state index contributed by atoms with van der Waals surface area (Å²) in [6.07, 6.45) is 1.73. The van der Waals surface area contributed by atoms with E-state index in [2.05, 4.69) is 14.7 Å². The van der Waals surface area contributed by atoms with Crippen LogP contribution in [0, 0.1) is 4.91 Å².